The average Bonchev–Trinajstić information content (AvgIpc) is 3.92. The van der Waals surface area contributed by atoms with Crippen molar-refractivity contribution in [3.8, 4) is 0 Å². The van der Waals surface area contributed by atoms with Crippen LogP contribution >= 0.6 is 11.6 Å². The van der Waals surface area contributed by atoms with Gasteiger partial charge in [0.05, 0.1) is 17.4 Å². The van der Waals surface area contributed by atoms with E-state index in [1.54, 1.807) is 20.8 Å². The second-order valence-corrected chi connectivity index (χ2v) is 16.4. The molecule has 3 N–H and O–H groups in total. The molecule has 1 saturated heterocycles. The molecule has 15 heteroatoms. The molecule has 0 spiro atoms. The summed E-state index contributed by atoms with van der Waals surface area (Å²) in [4.78, 5) is 68.8. The summed E-state index contributed by atoms with van der Waals surface area (Å²) in [6.45, 7) is 4.95. The van der Waals surface area contributed by atoms with Crippen LogP contribution in [0.1, 0.15) is 88.9 Å². The van der Waals surface area contributed by atoms with Gasteiger partial charge in [0.2, 0.25) is 21.8 Å². The van der Waals surface area contributed by atoms with Crippen molar-refractivity contribution < 1.29 is 41.9 Å². The number of sulfonamides is 1. The van der Waals surface area contributed by atoms with Crippen molar-refractivity contribution in [3.63, 3.8) is 0 Å². The molecule has 1 aromatic carbocycles. The fraction of sp³-hybridized carbons (Fsp3) is 0.606. The third kappa shape index (κ3) is 8.68. The van der Waals surface area contributed by atoms with Crippen molar-refractivity contribution >= 4 is 51.4 Å². The molecule has 2 saturated carbocycles. The van der Waals surface area contributed by atoms with Gasteiger partial charge in [0.1, 0.15) is 29.3 Å². The fourth-order valence-electron chi connectivity index (χ4n) is 6.10. The maximum absolute atomic E-state index is 14.2. The highest BCUT2D eigenvalue weighted by Crippen LogP contribution is 2.46. The van der Waals surface area contributed by atoms with Gasteiger partial charge in [-0.05, 0) is 83.6 Å². The van der Waals surface area contributed by atoms with Crippen LogP contribution in [0.3, 0.4) is 0 Å². The summed E-state index contributed by atoms with van der Waals surface area (Å²) in [5, 5.41) is 5.24. The first-order valence-electron chi connectivity index (χ1n) is 16.4. The van der Waals surface area contributed by atoms with Crippen LogP contribution in [0.4, 0.5) is 4.79 Å². The predicted octanol–water partition coefficient (Wildman–Crippen LogP) is 3.36. The molecule has 0 bridgehead atoms. The van der Waals surface area contributed by atoms with Gasteiger partial charge in [0.25, 0.3) is 5.91 Å². The van der Waals surface area contributed by atoms with Gasteiger partial charge >= 0.3 is 12.1 Å². The molecule has 0 unspecified atom stereocenters. The van der Waals surface area contributed by atoms with E-state index in [4.69, 9.17) is 21.1 Å². The van der Waals surface area contributed by atoms with Crippen molar-refractivity contribution in [2.24, 2.45) is 5.92 Å². The molecule has 13 nitrogen and oxygen atoms in total. The first-order chi connectivity index (χ1) is 22.6. The number of nitrogens with one attached hydrogen (secondary N) is 3. The molecule has 2 aliphatic heterocycles. The Labute approximate surface area is 285 Å². The van der Waals surface area contributed by atoms with E-state index in [1.807, 2.05) is 12.2 Å². The number of alkyl carbamates (subject to hydrolysis) is 1. The molecule has 0 aromatic heterocycles. The van der Waals surface area contributed by atoms with Crippen molar-refractivity contribution in [1.82, 2.24) is 20.3 Å². The highest BCUT2D eigenvalue weighted by molar-refractivity contribution is 7.91. The van der Waals surface area contributed by atoms with Crippen LogP contribution in [-0.2, 0) is 33.9 Å². The van der Waals surface area contributed by atoms with E-state index in [2.05, 4.69) is 15.4 Å². The monoisotopic (exact) mass is 706 g/mol. The predicted molar refractivity (Wildman–Crippen MR) is 175 cm³/mol. The quantitative estimate of drug-likeness (QED) is 0.296. The maximum atomic E-state index is 14.2. The maximum Gasteiger partial charge on any atom is 0.408 e. The Morgan fingerprint density at radius 1 is 1.04 bits per heavy atom. The number of allylic oxidation sites excluding steroid dienone is 1. The minimum absolute atomic E-state index is 0.0887. The zero-order chi connectivity index (χ0) is 34.9. The minimum Gasteiger partial charge on any atom is -0.457 e. The zero-order valence-corrected chi connectivity index (χ0v) is 28.9. The van der Waals surface area contributed by atoms with Crippen LogP contribution in [-0.4, -0.2) is 84.2 Å². The van der Waals surface area contributed by atoms with Gasteiger partial charge in [-0.15, -0.1) is 0 Å². The van der Waals surface area contributed by atoms with Gasteiger partial charge < -0.3 is 25.0 Å². The molecule has 4 aliphatic rings. The molecule has 4 amide bonds. The molecule has 3 fully saturated rings. The van der Waals surface area contributed by atoms with Crippen molar-refractivity contribution in [2.75, 3.05) is 6.54 Å². The molecule has 2 heterocycles. The number of ether oxygens (including phenoxy) is 2. The lowest BCUT2D eigenvalue weighted by molar-refractivity contribution is -0.141. The summed E-state index contributed by atoms with van der Waals surface area (Å²) < 4.78 is 38.7. The van der Waals surface area contributed by atoms with Crippen LogP contribution in [0.25, 0.3) is 0 Å². The third-order valence-corrected chi connectivity index (χ3v) is 11.0. The van der Waals surface area contributed by atoms with Gasteiger partial charge in [0, 0.05) is 17.4 Å². The van der Waals surface area contributed by atoms with E-state index in [1.165, 1.54) is 29.2 Å². The molecule has 262 valence electrons. The minimum atomic E-state index is -3.90. The summed E-state index contributed by atoms with van der Waals surface area (Å²) in [6, 6.07) is 3.83. The lowest BCUT2D eigenvalue weighted by Crippen LogP contribution is -2.58. The van der Waals surface area contributed by atoms with Gasteiger partial charge in [0.15, 0.2) is 0 Å². The normalized spacial score (nSPS) is 28.8. The Kier molecular flexibility index (Phi) is 10.4. The molecular formula is C33H43ClN4O9S. The number of halogens is 1. The first kappa shape index (κ1) is 35.7. The van der Waals surface area contributed by atoms with Crippen molar-refractivity contribution in [2.45, 2.75) is 113 Å². The number of carbonyl (C=O) groups is 5. The summed E-state index contributed by atoms with van der Waals surface area (Å²) >= 11 is 5.95. The average molecular weight is 707 g/mol. The molecule has 2 aliphatic carbocycles. The van der Waals surface area contributed by atoms with Gasteiger partial charge in [-0.3, -0.25) is 19.1 Å². The van der Waals surface area contributed by atoms with E-state index in [9.17, 15) is 32.4 Å². The lowest BCUT2D eigenvalue weighted by Gasteiger charge is -2.30. The molecule has 5 atom stereocenters. The van der Waals surface area contributed by atoms with Crippen LogP contribution in [0, 0.1) is 5.92 Å². The van der Waals surface area contributed by atoms with Gasteiger partial charge in [-0.2, -0.15) is 0 Å². The second-order valence-electron chi connectivity index (χ2n) is 14.0. The number of rotatable bonds is 6. The molecule has 0 radical (unpaired) electrons. The highest BCUT2D eigenvalue weighted by atomic mass is 35.5. The lowest BCUT2D eigenvalue weighted by atomic mass is 10.0. The van der Waals surface area contributed by atoms with Gasteiger partial charge in [-0.25, -0.2) is 18.0 Å². The van der Waals surface area contributed by atoms with Crippen LogP contribution < -0.4 is 15.4 Å². The van der Waals surface area contributed by atoms with E-state index < -0.39 is 80.3 Å². The Morgan fingerprint density at radius 2 is 1.75 bits per heavy atom. The van der Waals surface area contributed by atoms with E-state index in [0.717, 1.165) is 12.8 Å². The van der Waals surface area contributed by atoms with Crippen LogP contribution in [0.2, 0.25) is 5.02 Å². The van der Waals surface area contributed by atoms with E-state index in [-0.39, 0.29) is 31.4 Å². The van der Waals surface area contributed by atoms with E-state index in [0.29, 0.717) is 30.7 Å². The summed E-state index contributed by atoms with van der Waals surface area (Å²) in [5.74, 6) is -3.22. The third-order valence-electron chi connectivity index (χ3n) is 8.89. The van der Waals surface area contributed by atoms with Crippen LogP contribution in [0.15, 0.2) is 36.4 Å². The van der Waals surface area contributed by atoms with Crippen LogP contribution in [0.5, 0.6) is 0 Å². The number of carbonyl (C=O) groups excluding carboxylic acids is 5. The first-order valence-corrected chi connectivity index (χ1v) is 18.3. The number of hydrogen-bond donors (Lipinski definition) is 3. The zero-order valence-electron chi connectivity index (χ0n) is 27.3. The topological polar surface area (TPSA) is 177 Å². The molecule has 48 heavy (non-hydrogen) atoms. The molecule has 1 aromatic rings. The Morgan fingerprint density at radius 3 is 2.42 bits per heavy atom. The molecular weight excluding hydrogens is 664 g/mol. The summed E-state index contributed by atoms with van der Waals surface area (Å²) in [6.07, 6.45) is 6.10. The van der Waals surface area contributed by atoms with Crippen molar-refractivity contribution in [1.29, 1.82) is 0 Å². The SMILES string of the molecule is CC(C)(C)OC(=O)N[C@H]1CCCCC/C=C\[C@H]2C[C@@]2(C(=O)NS(=O)(=O)C2CC2)NC(=O)[C@@H]2C[C@@H](OC(=O)c3ccc(Cl)cc3)CN2C1=O. The smallest absolute Gasteiger partial charge is 0.408 e. The largest absolute Gasteiger partial charge is 0.457 e. The fourth-order valence-corrected chi connectivity index (χ4v) is 7.59. The Hall–Kier alpha value is -3.65. The number of amides is 4. The van der Waals surface area contributed by atoms with E-state index >= 15 is 0 Å². The number of nitrogens with zero attached hydrogens (tertiary/aromatic N) is 1. The highest BCUT2D eigenvalue weighted by Gasteiger charge is 2.62. The second kappa shape index (κ2) is 14.1. The summed E-state index contributed by atoms with van der Waals surface area (Å²) in [5.41, 5.74) is -2.13. The number of benzene rings is 1. The number of esters is 1. The Balaban J connectivity index is 1.42. The standard InChI is InChI=1S/C33H43ClN4O9S/c1-32(2,3)47-31(43)35-25-10-8-6-4-5-7-9-21-18-33(21,30(42)37-48(44,45)24-15-16-24)36-27(39)26-17-23(19-38(26)28(25)40)46-29(41)20-11-13-22(34)14-12-20/h7,9,11-14,21,23-26H,4-6,8,10,15-19H2,1-3H3,(H,35,43)(H,36,39)(H,37,42)/b9-7-/t21-,23+,25-,26-,33+/m0/s1. The summed E-state index contributed by atoms with van der Waals surface area (Å²) in [7, 11) is -3.90. The number of fused-ring (bicyclic) bond motifs is 2. The molecule has 5 rings (SSSR count). The van der Waals surface area contributed by atoms with Gasteiger partial charge in [-0.1, -0.05) is 36.6 Å². The Bertz CT molecular complexity index is 1570. The number of hydrogen-bond acceptors (Lipinski definition) is 9. The van der Waals surface area contributed by atoms with Crippen molar-refractivity contribution in [3.05, 3.63) is 47.0 Å².